The maximum Gasteiger partial charge on any atom is 0.269 e. The number of aromatic nitrogens is 2. The number of fused-ring (bicyclic) bond motifs is 1. The fraction of sp³-hybridized carbons (Fsp3) is 0.136. The predicted octanol–water partition coefficient (Wildman–Crippen LogP) is 4.21. The number of pyridine rings is 1. The van der Waals surface area contributed by atoms with Gasteiger partial charge in [0.1, 0.15) is 4.90 Å². The van der Waals surface area contributed by atoms with Crippen molar-refractivity contribution in [3.05, 3.63) is 89.9 Å². The van der Waals surface area contributed by atoms with Crippen LogP contribution in [0.3, 0.4) is 0 Å². The minimum atomic E-state index is -3.74. The topological polar surface area (TPSA) is 64.0 Å². The number of anilines is 1. The molecule has 2 aromatic carbocycles. The van der Waals surface area contributed by atoms with Gasteiger partial charge in [-0.15, -0.1) is 0 Å². The van der Waals surface area contributed by atoms with E-state index in [9.17, 15) is 8.42 Å². The van der Waals surface area contributed by atoms with Gasteiger partial charge in [-0.2, -0.15) is 0 Å². The molecule has 0 saturated carbocycles. The van der Waals surface area contributed by atoms with Crippen LogP contribution in [0.5, 0.6) is 0 Å². The summed E-state index contributed by atoms with van der Waals surface area (Å²) in [6, 6.07) is 17.5. The van der Waals surface area contributed by atoms with E-state index in [0.29, 0.717) is 5.52 Å². The van der Waals surface area contributed by atoms with Gasteiger partial charge in [-0.05, 0) is 42.7 Å². The molecule has 0 aliphatic carbocycles. The highest BCUT2D eigenvalue weighted by atomic mass is 32.2. The summed E-state index contributed by atoms with van der Waals surface area (Å²) in [6.45, 7) is 2.06. The van der Waals surface area contributed by atoms with E-state index in [1.807, 2.05) is 18.2 Å². The van der Waals surface area contributed by atoms with Crippen molar-refractivity contribution in [2.24, 2.45) is 0 Å². The summed E-state index contributed by atoms with van der Waals surface area (Å²) in [5, 5.41) is 3.95. The number of benzene rings is 2. The first kappa shape index (κ1) is 18.3. The van der Waals surface area contributed by atoms with E-state index < -0.39 is 10.0 Å². The second kappa shape index (κ2) is 7.13. The van der Waals surface area contributed by atoms with Crippen LogP contribution in [0, 0.1) is 6.92 Å². The molecule has 0 radical (unpaired) electrons. The summed E-state index contributed by atoms with van der Waals surface area (Å²) in [5.74, 6) is 0. The zero-order chi connectivity index (χ0) is 19.7. The van der Waals surface area contributed by atoms with Crippen molar-refractivity contribution in [1.29, 1.82) is 0 Å². The van der Waals surface area contributed by atoms with Crippen LogP contribution in [0.1, 0.15) is 16.7 Å². The maximum absolute atomic E-state index is 13.2. The number of hydrogen-bond donors (Lipinski definition) is 1. The van der Waals surface area contributed by atoms with Crippen LogP contribution in [0.25, 0.3) is 10.9 Å². The van der Waals surface area contributed by atoms with Crippen LogP contribution in [0.2, 0.25) is 0 Å². The lowest BCUT2D eigenvalue weighted by molar-refractivity contribution is 0.588. The Morgan fingerprint density at radius 2 is 1.79 bits per heavy atom. The molecule has 0 aliphatic heterocycles. The molecule has 0 unspecified atom stereocenters. The monoisotopic (exact) mass is 391 g/mol. The molecule has 0 saturated heterocycles. The molecule has 2 aromatic heterocycles. The minimum Gasteiger partial charge on any atom is -0.386 e. The lowest BCUT2D eigenvalue weighted by Gasteiger charge is -2.08. The van der Waals surface area contributed by atoms with Crippen molar-refractivity contribution in [3.8, 4) is 0 Å². The molecule has 0 spiro atoms. The minimum absolute atomic E-state index is 0.165. The molecule has 4 rings (SSSR count). The van der Waals surface area contributed by atoms with Gasteiger partial charge in [0.15, 0.2) is 0 Å². The number of hydrogen-bond acceptors (Lipinski definition) is 4. The highest BCUT2D eigenvalue weighted by molar-refractivity contribution is 7.90. The van der Waals surface area contributed by atoms with Gasteiger partial charge in [0, 0.05) is 31.0 Å². The van der Waals surface area contributed by atoms with Crippen molar-refractivity contribution >= 4 is 26.6 Å². The Bertz CT molecular complexity index is 1230. The van der Waals surface area contributed by atoms with Gasteiger partial charge in [-0.1, -0.05) is 42.0 Å². The lowest BCUT2D eigenvalue weighted by atomic mass is 10.0. The Labute approximate surface area is 164 Å². The quantitative estimate of drug-likeness (QED) is 0.553. The van der Waals surface area contributed by atoms with E-state index in [1.54, 1.807) is 31.6 Å². The standard InChI is InChI=1S/C22H21N3O2S/c1-16-5-7-17(8-6-16)12-18-9-10-20-21(23-2)15-25(22(20)13-18)28(26,27)19-4-3-11-24-14-19/h3-11,13-15,23H,12H2,1-2H3. The second-order valence-corrected chi connectivity index (χ2v) is 8.61. The molecule has 0 bridgehead atoms. The summed E-state index contributed by atoms with van der Waals surface area (Å²) in [5.41, 5.74) is 4.88. The molecule has 4 aromatic rings. The van der Waals surface area contributed by atoms with Crippen molar-refractivity contribution in [2.45, 2.75) is 18.2 Å². The summed E-state index contributed by atoms with van der Waals surface area (Å²) >= 11 is 0. The summed E-state index contributed by atoms with van der Waals surface area (Å²) < 4.78 is 27.7. The third-order valence-electron chi connectivity index (χ3n) is 4.83. The van der Waals surface area contributed by atoms with Crippen molar-refractivity contribution in [2.75, 3.05) is 12.4 Å². The molecular formula is C22H21N3O2S. The molecule has 2 heterocycles. The van der Waals surface area contributed by atoms with Crippen LogP contribution in [-0.2, 0) is 16.4 Å². The van der Waals surface area contributed by atoms with Crippen LogP contribution < -0.4 is 5.32 Å². The van der Waals surface area contributed by atoms with Gasteiger partial charge >= 0.3 is 0 Å². The van der Waals surface area contributed by atoms with E-state index in [-0.39, 0.29) is 4.90 Å². The normalized spacial score (nSPS) is 11.6. The maximum atomic E-state index is 13.2. The van der Waals surface area contributed by atoms with E-state index >= 15 is 0 Å². The third-order valence-corrected chi connectivity index (χ3v) is 6.48. The molecule has 0 aliphatic rings. The zero-order valence-electron chi connectivity index (χ0n) is 15.8. The number of rotatable bonds is 5. The molecule has 0 amide bonds. The predicted molar refractivity (Wildman–Crippen MR) is 112 cm³/mol. The van der Waals surface area contributed by atoms with Gasteiger partial charge in [-0.3, -0.25) is 4.98 Å². The van der Waals surface area contributed by atoms with Gasteiger partial charge in [0.2, 0.25) is 0 Å². The fourth-order valence-electron chi connectivity index (χ4n) is 3.31. The molecule has 0 fully saturated rings. The van der Waals surface area contributed by atoms with E-state index in [1.165, 1.54) is 21.3 Å². The van der Waals surface area contributed by atoms with Crippen molar-refractivity contribution in [3.63, 3.8) is 0 Å². The Hall–Kier alpha value is -3.12. The summed E-state index contributed by atoms with van der Waals surface area (Å²) in [4.78, 5) is 4.12. The zero-order valence-corrected chi connectivity index (χ0v) is 16.6. The molecular weight excluding hydrogens is 370 g/mol. The highest BCUT2D eigenvalue weighted by Crippen LogP contribution is 2.30. The van der Waals surface area contributed by atoms with Crippen LogP contribution >= 0.6 is 0 Å². The summed E-state index contributed by atoms with van der Waals surface area (Å²) in [7, 11) is -1.95. The average Bonchev–Trinajstić information content (AvgIpc) is 3.09. The molecule has 0 atom stereocenters. The first-order chi connectivity index (χ1) is 13.5. The number of aryl methyl sites for hydroxylation is 1. The van der Waals surface area contributed by atoms with E-state index in [2.05, 4.69) is 41.5 Å². The van der Waals surface area contributed by atoms with Crippen molar-refractivity contribution < 1.29 is 8.42 Å². The number of nitrogens with zero attached hydrogens (tertiary/aromatic N) is 2. The largest absolute Gasteiger partial charge is 0.386 e. The first-order valence-electron chi connectivity index (χ1n) is 9.02. The SMILES string of the molecule is CNc1cn(S(=O)(=O)c2cccnc2)c2cc(Cc3ccc(C)cc3)ccc12. The van der Waals surface area contributed by atoms with Gasteiger partial charge in [-0.25, -0.2) is 12.4 Å². The Kier molecular flexibility index (Phi) is 4.65. The molecule has 142 valence electrons. The number of nitrogens with one attached hydrogen (secondary N) is 1. The molecule has 6 heteroatoms. The Morgan fingerprint density at radius 3 is 2.46 bits per heavy atom. The van der Waals surface area contributed by atoms with Gasteiger partial charge in [0.05, 0.1) is 11.2 Å². The fourth-order valence-corrected chi connectivity index (χ4v) is 4.63. The molecule has 1 N–H and O–H groups in total. The third kappa shape index (κ3) is 3.27. The van der Waals surface area contributed by atoms with Gasteiger partial charge < -0.3 is 5.32 Å². The van der Waals surface area contributed by atoms with Gasteiger partial charge in [0.25, 0.3) is 10.0 Å². The van der Waals surface area contributed by atoms with E-state index in [0.717, 1.165) is 23.1 Å². The highest BCUT2D eigenvalue weighted by Gasteiger charge is 2.21. The average molecular weight is 391 g/mol. The first-order valence-corrected chi connectivity index (χ1v) is 10.5. The lowest BCUT2D eigenvalue weighted by Crippen LogP contribution is -2.12. The summed E-state index contributed by atoms with van der Waals surface area (Å²) in [6.07, 6.45) is 5.30. The second-order valence-electron chi connectivity index (χ2n) is 6.80. The van der Waals surface area contributed by atoms with Crippen LogP contribution in [0.15, 0.2) is 78.1 Å². The van der Waals surface area contributed by atoms with Crippen LogP contribution in [0.4, 0.5) is 5.69 Å². The Balaban J connectivity index is 1.83. The van der Waals surface area contributed by atoms with Crippen molar-refractivity contribution in [1.82, 2.24) is 8.96 Å². The molecule has 28 heavy (non-hydrogen) atoms. The molecule has 5 nitrogen and oxygen atoms in total. The van der Waals surface area contributed by atoms with Crippen LogP contribution in [-0.4, -0.2) is 24.4 Å². The smallest absolute Gasteiger partial charge is 0.269 e. The Morgan fingerprint density at radius 1 is 1.04 bits per heavy atom. The van der Waals surface area contributed by atoms with E-state index in [4.69, 9.17) is 0 Å².